The predicted molar refractivity (Wildman–Crippen MR) is 458 cm³/mol. The average molecular weight is 1750 g/mol. The van der Waals surface area contributed by atoms with E-state index in [0.29, 0.717) is 81.1 Å². The molecule has 4 saturated heterocycles. The summed E-state index contributed by atoms with van der Waals surface area (Å²) >= 11 is 3.18. The lowest BCUT2D eigenvalue weighted by molar-refractivity contribution is -0.178. The second kappa shape index (κ2) is 44.0. The van der Waals surface area contributed by atoms with Crippen molar-refractivity contribution in [3.63, 3.8) is 0 Å². The number of aliphatic hydroxyl groups excluding tert-OH is 1. The molecule has 3 spiro atoms. The molecule has 5 heterocycles. The van der Waals surface area contributed by atoms with E-state index in [0.717, 1.165) is 169 Å². The van der Waals surface area contributed by atoms with Gasteiger partial charge < -0.3 is 57.0 Å². The van der Waals surface area contributed by atoms with Crippen LogP contribution in [0, 0.1) is 34.9 Å². The van der Waals surface area contributed by atoms with E-state index in [-0.39, 0.29) is 95.1 Å². The van der Waals surface area contributed by atoms with Gasteiger partial charge in [-0.3, -0.25) is 4.79 Å². The van der Waals surface area contributed by atoms with E-state index >= 15 is 0 Å². The Kier molecular flexibility index (Phi) is 33.5. The summed E-state index contributed by atoms with van der Waals surface area (Å²) in [5.74, 6) is 0.586. The summed E-state index contributed by atoms with van der Waals surface area (Å²) in [5, 5.41) is 17.6. The number of benzene rings is 7. The zero-order valence-corrected chi connectivity index (χ0v) is 72.4. The average Bonchev–Trinajstić information content (AvgIpc) is 1.62. The van der Waals surface area contributed by atoms with E-state index in [1.165, 1.54) is 88.4 Å². The van der Waals surface area contributed by atoms with Crippen molar-refractivity contribution in [1.29, 1.82) is 0 Å². The number of esters is 1. The topological polar surface area (TPSA) is 187 Å². The summed E-state index contributed by atoms with van der Waals surface area (Å²) in [7, 11) is 1.40. The Morgan fingerprint density at radius 2 is 0.893 bits per heavy atom. The maximum atomic E-state index is 13.2. The highest BCUT2D eigenvalue weighted by Crippen LogP contribution is 2.46. The van der Waals surface area contributed by atoms with Crippen LogP contribution in [0.5, 0.6) is 11.6 Å². The molecule has 10 aliphatic rings. The third kappa shape index (κ3) is 26.4. The molecule has 25 heteroatoms. The number of aliphatic hydroxyl groups is 1. The third-order valence-electron chi connectivity index (χ3n) is 24.9. The Morgan fingerprint density at radius 3 is 1.30 bits per heavy atom. The van der Waals surface area contributed by atoms with Gasteiger partial charge in [-0.05, 0) is 290 Å². The van der Waals surface area contributed by atoms with Gasteiger partial charge in [-0.15, -0.1) is 5.10 Å². The van der Waals surface area contributed by atoms with Crippen LogP contribution in [0.25, 0.3) is 5.57 Å². The zero-order valence-electron chi connectivity index (χ0n) is 70.8. The number of ether oxygens (including phenoxy) is 9. The highest BCUT2D eigenvalue weighted by atomic mass is 79.9. The molecule has 0 bridgehead atoms. The molecule has 6 aliphatic carbocycles. The van der Waals surface area contributed by atoms with Crippen molar-refractivity contribution < 1.29 is 93.0 Å². The molecule has 0 unspecified atom stereocenters. The van der Waals surface area contributed by atoms with Crippen molar-refractivity contribution in [2.45, 2.75) is 247 Å². The molecule has 8 fully saturated rings. The summed E-state index contributed by atoms with van der Waals surface area (Å²) < 4.78 is 142. The molecule has 0 radical (unpaired) electrons. The fraction of sp³-hybridized carbons (Fsp3) is 0.485. The number of aromatic nitrogens is 3. The number of hydrogen-bond acceptors (Lipinski definition) is 16. The Bertz CT molecular complexity index is 4590. The molecule has 0 atom stereocenters. The number of halogens is 7. The number of ketones is 1. The van der Waals surface area contributed by atoms with Crippen LogP contribution in [-0.4, -0.2) is 133 Å². The number of Topliss-reactive ketones (excluding diaryl/α,β-unsaturated/α-hetero) is 1. The first-order chi connectivity index (χ1) is 58.7. The number of allylic oxidation sites excluding steroid dienone is 2. The SMILES string of the molecule is CC1(C)OB(C2=CCC3(CC2)OCCO3)OC1(C)C.CCOC(=O)c1nnn(Cc2ccc(OC)cc2)c1OC1CCC(c2ccc(F)cc2)CC1.Fc1ccc(Br)cc1.Fc1ccc(C2=CCC3(CC2)OCCO3)cc1.Fc1ccc(C2CCC3(CC2)OCCO3)cc1.O=C1CCC(c2ccc(F)cc2)CC1.OC1CCC(c2ccc(F)cc2)CC1. The van der Waals surface area contributed by atoms with Crippen molar-refractivity contribution in [3.8, 4) is 11.6 Å². The molecule has 4 aliphatic heterocycles. The normalized spacial score (nSPS) is 22.3. The maximum Gasteiger partial charge on any atom is 0.490 e. The van der Waals surface area contributed by atoms with Crippen LogP contribution in [0.3, 0.4) is 0 Å². The molecular formula is C97H115BBrF6N3O14. The molecule has 7 aromatic carbocycles. The molecule has 17 nitrogen and oxygen atoms in total. The van der Waals surface area contributed by atoms with Gasteiger partial charge in [-0.2, -0.15) is 0 Å². The first-order valence-electron chi connectivity index (χ1n) is 43.1. The summed E-state index contributed by atoms with van der Waals surface area (Å²) in [6.07, 6.45) is 23.9. The van der Waals surface area contributed by atoms with Crippen molar-refractivity contribution in [2.75, 3.05) is 53.4 Å². The van der Waals surface area contributed by atoms with Crippen molar-refractivity contribution >= 4 is 40.4 Å². The van der Waals surface area contributed by atoms with Crippen molar-refractivity contribution in [2.24, 2.45) is 0 Å². The smallest absolute Gasteiger partial charge is 0.490 e. The van der Waals surface area contributed by atoms with Crippen LogP contribution in [0.4, 0.5) is 26.3 Å². The fourth-order valence-corrected chi connectivity index (χ4v) is 17.2. The Labute approximate surface area is 722 Å². The molecular weight excluding hydrogens is 1640 g/mol. The molecule has 654 valence electrons. The van der Waals surface area contributed by atoms with Crippen LogP contribution in [0.15, 0.2) is 192 Å². The van der Waals surface area contributed by atoms with Crippen molar-refractivity contribution in [3.05, 3.63) is 266 Å². The molecule has 122 heavy (non-hydrogen) atoms. The monoisotopic (exact) mass is 1750 g/mol. The fourth-order valence-electron chi connectivity index (χ4n) is 16.9. The van der Waals surface area contributed by atoms with Crippen LogP contribution < -0.4 is 9.47 Å². The van der Waals surface area contributed by atoms with Gasteiger partial charge in [0.25, 0.3) is 0 Å². The number of carbonyl (C=O) groups excluding carboxylic acids is 2. The maximum absolute atomic E-state index is 13.2. The first kappa shape index (κ1) is 92.8. The largest absolute Gasteiger partial charge is 0.497 e. The van der Waals surface area contributed by atoms with Crippen LogP contribution in [0.2, 0.25) is 0 Å². The second-order valence-corrected chi connectivity index (χ2v) is 34.5. The molecule has 18 rings (SSSR count). The van der Waals surface area contributed by atoms with E-state index < -0.39 is 5.97 Å². The third-order valence-corrected chi connectivity index (χ3v) is 25.4. The summed E-state index contributed by atoms with van der Waals surface area (Å²) in [6, 6.07) is 47.4. The molecule has 8 aromatic rings. The van der Waals surface area contributed by atoms with Gasteiger partial charge in [0.1, 0.15) is 52.5 Å². The minimum atomic E-state index is -0.548. The minimum absolute atomic E-state index is 0.0667. The van der Waals surface area contributed by atoms with Gasteiger partial charge in [0.05, 0.1) is 77.2 Å². The Balaban J connectivity index is 0.000000135. The number of hydrogen-bond donors (Lipinski definition) is 1. The minimum Gasteiger partial charge on any atom is -0.497 e. The van der Waals surface area contributed by atoms with E-state index in [4.69, 9.17) is 51.9 Å². The number of rotatable bonds is 13. The molecule has 1 N–H and O–H groups in total. The quantitative estimate of drug-likeness (QED) is 0.0652. The number of nitrogens with zero attached hydrogens (tertiary/aromatic N) is 3. The van der Waals surface area contributed by atoms with Crippen LogP contribution >= 0.6 is 15.9 Å². The van der Waals surface area contributed by atoms with Gasteiger partial charge in [0.2, 0.25) is 11.6 Å². The number of carbonyl (C=O) groups is 2. The summed E-state index contributed by atoms with van der Waals surface area (Å²) in [4.78, 5) is 23.5. The zero-order chi connectivity index (χ0) is 86.3. The van der Waals surface area contributed by atoms with E-state index in [2.05, 4.69) is 66.1 Å². The molecule has 4 saturated carbocycles. The van der Waals surface area contributed by atoms with E-state index in [9.17, 15) is 41.0 Å². The second-order valence-electron chi connectivity index (χ2n) is 33.6. The lowest BCUT2D eigenvalue weighted by Gasteiger charge is -2.35. The van der Waals surface area contributed by atoms with Gasteiger partial charge in [-0.25, -0.2) is 35.8 Å². The van der Waals surface area contributed by atoms with E-state index in [1.807, 2.05) is 84.9 Å². The van der Waals surface area contributed by atoms with Gasteiger partial charge in [0.15, 0.2) is 17.4 Å². The highest BCUT2D eigenvalue weighted by molar-refractivity contribution is 9.10. The molecule has 0 amide bonds. The Morgan fingerprint density at radius 1 is 0.492 bits per heavy atom. The lowest BCUT2D eigenvalue weighted by Crippen LogP contribution is -2.41. The van der Waals surface area contributed by atoms with Crippen molar-refractivity contribution in [1.82, 2.24) is 15.0 Å². The predicted octanol–water partition coefficient (Wildman–Crippen LogP) is 22.1. The number of methoxy groups -OCH3 is 1. The van der Waals surface area contributed by atoms with Gasteiger partial charge in [0, 0.05) is 55.8 Å². The van der Waals surface area contributed by atoms with Gasteiger partial charge >= 0.3 is 13.1 Å². The first-order valence-corrected chi connectivity index (χ1v) is 43.9. The standard InChI is InChI=1S/C25H28FN3O4.C14H23BO4.C14H17FO2.C14H15FO2.C12H15FO.C12H13FO.C6H4BrF/c1-3-32-25(30)23-24(29(28-27-23)16-17-4-12-21(31-2)13-5-17)33-22-14-8-19(9-15-22)18-6-10-20(26)11-7-18;1-12(2)13(3,4)19-15(18-12)11-5-7-14(8-6-11)16-9-10-17-14;2*15-13-3-1-11(2-4-13)12-5-7-14(8-6-12)16-9-10-17-14;2*13-11-5-1-9(2-6-11)10-3-7-12(14)8-4-10;7-5-1-3-6(8)4-2-5/h4-7,10-13,19,22H,3,8-9,14-16H2,1-2H3;5H,6-10H2,1-4H3;1-4,12H,5-10H2;1-5H,6-10H2;1-2,5-6,10,12,14H,3-4,7-8H2;1-2,5-6,10H,3-4,7-8H2;1-4H. The van der Waals surface area contributed by atoms with Crippen LogP contribution in [0.1, 0.15) is 243 Å². The molecule has 1 aromatic heterocycles. The van der Waals surface area contributed by atoms with Gasteiger partial charge in [-0.1, -0.05) is 106 Å². The summed E-state index contributed by atoms with van der Waals surface area (Å²) in [6.45, 7) is 15.0. The Hall–Kier alpha value is -8.34. The summed E-state index contributed by atoms with van der Waals surface area (Å²) in [5.41, 5.74) is 8.86. The van der Waals surface area contributed by atoms with Crippen LogP contribution in [-0.2, 0) is 53.8 Å². The van der Waals surface area contributed by atoms with E-state index in [1.54, 1.807) is 43.0 Å². The highest BCUT2D eigenvalue weighted by Gasteiger charge is 2.54. The lowest BCUT2D eigenvalue weighted by atomic mass is 9.71.